The van der Waals surface area contributed by atoms with Crippen molar-refractivity contribution in [2.24, 2.45) is 0 Å². The van der Waals surface area contributed by atoms with Crippen LogP contribution in [0, 0.1) is 10.5 Å². The van der Waals surface area contributed by atoms with Gasteiger partial charge in [-0.2, -0.15) is 0 Å². The first-order chi connectivity index (χ1) is 17.1. The van der Waals surface area contributed by atoms with E-state index in [9.17, 15) is 18.0 Å². The van der Waals surface area contributed by atoms with Gasteiger partial charge in [0.05, 0.1) is 11.9 Å². The van der Waals surface area contributed by atoms with Crippen molar-refractivity contribution in [1.82, 2.24) is 10.2 Å². The van der Waals surface area contributed by atoms with E-state index in [1.807, 2.05) is 61.5 Å². The van der Waals surface area contributed by atoms with Crippen LogP contribution in [0.2, 0.25) is 0 Å². The predicted octanol–water partition coefficient (Wildman–Crippen LogP) is 3.75. The standard InChI is InChI=1S/C27H30IN3O4S/c1-20-8-7-11-22(16-20)18-30(25(27(33)29-2)17-21-9-5-4-6-10-21)26(32)19-31(36(3,34)35)24-14-12-23(28)13-15-24/h4-16,25H,17-19H2,1-3H3,(H,29,33)/t25-/m1/s1. The van der Waals surface area contributed by atoms with E-state index >= 15 is 0 Å². The number of aryl methyl sites for hydroxylation is 1. The molecular weight excluding hydrogens is 589 g/mol. The number of carbonyl (C=O) groups is 2. The molecule has 0 aromatic heterocycles. The molecule has 0 aliphatic heterocycles. The Labute approximate surface area is 226 Å². The number of amides is 2. The summed E-state index contributed by atoms with van der Waals surface area (Å²) in [5.41, 5.74) is 3.16. The van der Waals surface area contributed by atoms with E-state index < -0.39 is 28.5 Å². The fraction of sp³-hybridized carbons (Fsp3) is 0.259. The van der Waals surface area contributed by atoms with Crippen molar-refractivity contribution in [1.29, 1.82) is 0 Å². The normalized spacial score (nSPS) is 12.0. The fourth-order valence-corrected chi connectivity index (χ4v) is 5.16. The van der Waals surface area contributed by atoms with Crippen LogP contribution in [-0.4, -0.2) is 51.0 Å². The van der Waals surface area contributed by atoms with Crippen molar-refractivity contribution in [2.45, 2.75) is 25.9 Å². The SMILES string of the molecule is CNC(=O)[C@@H](Cc1ccccc1)N(Cc1cccc(C)c1)C(=O)CN(c1ccc(I)cc1)S(C)(=O)=O. The van der Waals surface area contributed by atoms with Crippen LogP contribution in [0.15, 0.2) is 78.9 Å². The first-order valence-corrected chi connectivity index (χ1v) is 14.3. The third-order valence-electron chi connectivity index (χ3n) is 5.75. The molecule has 1 atom stereocenters. The van der Waals surface area contributed by atoms with E-state index in [1.54, 1.807) is 24.3 Å². The minimum Gasteiger partial charge on any atom is -0.357 e. The highest BCUT2D eigenvalue weighted by Gasteiger charge is 2.32. The third kappa shape index (κ3) is 7.54. The Bertz CT molecular complexity index is 1300. The Kier molecular flexibility index (Phi) is 9.49. The minimum absolute atomic E-state index is 0.162. The summed E-state index contributed by atoms with van der Waals surface area (Å²) in [6, 6.07) is 23.2. The van der Waals surface area contributed by atoms with E-state index in [2.05, 4.69) is 27.9 Å². The topological polar surface area (TPSA) is 86.8 Å². The highest BCUT2D eigenvalue weighted by atomic mass is 127. The number of rotatable bonds is 10. The maximum Gasteiger partial charge on any atom is 0.244 e. The van der Waals surface area contributed by atoms with Crippen molar-refractivity contribution >= 4 is 50.1 Å². The first-order valence-electron chi connectivity index (χ1n) is 11.4. The maximum absolute atomic E-state index is 13.8. The molecule has 0 bridgehead atoms. The molecule has 2 amide bonds. The van der Waals surface area contributed by atoms with Crippen LogP contribution in [0.1, 0.15) is 16.7 Å². The summed E-state index contributed by atoms with van der Waals surface area (Å²) >= 11 is 2.13. The van der Waals surface area contributed by atoms with Crippen LogP contribution in [0.5, 0.6) is 0 Å². The Balaban J connectivity index is 2.02. The largest absolute Gasteiger partial charge is 0.357 e. The zero-order chi connectivity index (χ0) is 26.3. The molecule has 190 valence electrons. The average Bonchev–Trinajstić information content (AvgIpc) is 2.84. The molecule has 0 unspecified atom stereocenters. The van der Waals surface area contributed by atoms with Gasteiger partial charge in [0.1, 0.15) is 12.6 Å². The summed E-state index contributed by atoms with van der Waals surface area (Å²) in [5.74, 6) is -0.787. The molecule has 36 heavy (non-hydrogen) atoms. The van der Waals surface area contributed by atoms with Crippen LogP contribution in [-0.2, 0) is 32.6 Å². The molecule has 1 N–H and O–H groups in total. The first kappa shape index (κ1) is 27.7. The van der Waals surface area contributed by atoms with E-state index in [0.717, 1.165) is 30.8 Å². The average molecular weight is 620 g/mol. The lowest BCUT2D eigenvalue weighted by molar-refractivity contribution is -0.139. The molecule has 0 heterocycles. The number of carbonyl (C=O) groups excluding carboxylic acids is 2. The smallest absolute Gasteiger partial charge is 0.244 e. The van der Waals surface area contributed by atoms with Crippen LogP contribution >= 0.6 is 22.6 Å². The molecule has 0 aliphatic carbocycles. The fourth-order valence-electron chi connectivity index (χ4n) is 3.95. The molecule has 7 nitrogen and oxygen atoms in total. The summed E-state index contributed by atoms with van der Waals surface area (Å²) in [4.78, 5) is 28.4. The van der Waals surface area contributed by atoms with Crippen LogP contribution in [0.4, 0.5) is 5.69 Å². The molecule has 0 saturated carbocycles. The second kappa shape index (κ2) is 12.4. The number of halogens is 1. The third-order valence-corrected chi connectivity index (χ3v) is 7.61. The molecular formula is C27H30IN3O4S. The van der Waals surface area contributed by atoms with Gasteiger partial charge in [-0.25, -0.2) is 8.42 Å². The van der Waals surface area contributed by atoms with Crippen molar-refractivity contribution in [3.05, 3.63) is 99.1 Å². The number of hydrogen-bond acceptors (Lipinski definition) is 4. The second-order valence-electron chi connectivity index (χ2n) is 8.58. The van der Waals surface area contributed by atoms with Gasteiger partial charge in [-0.05, 0) is 64.9 Å². The second-order valence-corrected chi connectivity index (χ2v) is 11.7. The lowest BCUT2D eigenvalue weighted by Crippen LogP contribution is -2.52. The van der Waals surface area contributed by atoms with Gasteiger partial charge in [0.15, 0.2) is 0 Å². The van der Waals surface area contributed by atoms with Gasteiger partial charge in [0, 0.05) is 23.6 Å². The number of hydrogen-bond donors (Lipinski definition) is 1. The number of nitrogens with zero attached hydrogens (tertiary/aromatic N) is 2. The lowest BCUT2D eigenvalue weighted by atomic mass is 10.0. The van der Waals surface area contributed by atoms with Gasteiger partial charge < -0.3 is 10.2 Å². The van der Waals surface area contributed by atoms with E-state index in [-0.39, 0.29) is 12.5 Å². The van der Waals surface area contributed by atoms with Crippen molar-refractivity contribution in [3.63, 3.8) is 0 Å². The van der Waals surface area contributed by atoms with Gasteiger partial charge in [-0.15, -0.1) is 0 Å². The molecule has 3 aromatic carbocycles. The van der Waals surface area contributed by atoms with Crippen molar-refractivity contribution < 1.29 is 18.0 Å². The van der Waals surface area contributed by atoms with Gasteiger partial charge >= 0.3 is 0 Å². The summed E-state index contributed by atoms with van der Waals surface area (Å²) in [7, 11) is -2.23. The van der Waals surface area contributed by atoms with Gasteiger partial charge in [-0.3, -0.25) is 13.9 Å². The van der Waals surface area contributed by atoms with Crippen molar-refractivity contribution in [2.75, 3.05) is 24.2 Å². The van der Waals surface area contributed by atoms with Gasteiger partial charge in [0.25, 0.3) is 0 Å². The summed E-state index contributed by atoms with van der Waals surface area (Å²) < 4.78 is 27.4. The van der Waals surface area contributed by atoms with Gasteiger partial charge in [0.2, 0.25) is 21.8 Å². The Hall–Kier alpha value is -2.92. The number of likely N-dealkylation sites (N-methyl/N-ethyl adjacent to an activating group) is 1. The molecule has 0 aliphatic rings. The number of nitrogens with one attached hydrogen (secondary N) is 1. The molecule has 3 rings (SSSR count). The van der Waals surface area contributed by atoms with Crippen LogP contribution < -0.4 is 9.62 Å². The molecule has 0 radical (unpaired) electrons. The monoisotopic (exact) mass is 619 g/mol. The lowest BCUT2D eigenvalue weighted by Gasteiger charge is -2.33. The zero-order valence-electron chi connectivity index (χ0n) is 20.5. The van der Waals surface area contributed by atoms with E-state index in [0.29, 0.717) is 12.1 Å². The highest BCUT2D eigenvalue weighted by molar-refractivity contribution is 14.1. The van der Waals surface area contributed by atoms with Gasteiger partial charge in [-0.1, -0.05) is 60.2 Å². The summed E-state index contributed by atoms with van der Waals surface area (Å²) in [6.45, 7) is 1.70. The van der Waals surface area contributed by atoms with E-state index in [4.69, 9.17) is 0 Å². The Morgan fingerprint density at radius 2 is 1.58 bits per heavy atom. The predicted molar refractivity (Wildman–Crippen MR) is 151 cm³/mol. The highest BCUT2D eigenvalue weighted by Crippen LogP contribution is 2.21. The Morgan fingerprint density at radius 1 is 0.944 bits per heavy atom. The van der Waals surface area contributed by atoms with Crippen LogP contribution in [0.3, 0.4) is 0 Å². The molecule has 0 fully saturated rings. The van der Waals surface area contributed by atoms with Crippen LogP contribution in [0.25, 0.3) is 0 Å². The molecule has 0 saturated heterocycles. The maximum atomic E-state index is 13.8. The molecule has 9 heteroatoms. The Morgan fingerprint density at radius 3 is 2.17 bits per heavy atom. The number of sulfonamides is 1. The summed E-state index contributed by atoms with van der Waals surface area (Å²) in [6.07, 6.45) is 1.36. The van der Waals surface area contributed by atoms with Crippen molar-refractivity contribution in [3.8, 4) is 0 Å². The molecule has 3 aromatic rings. The number of anilines is 1. The quantitative estimate of drug-likeness (QED) is 0.351. The molecule has 0 spiro atoms. The number of benzene rings is 3. The zero-order valence-corrected chi connectivity index (χ0v) is 23.5. The van der Waals surface area contributed by atoms with E-state index in [1.165, 1.54) is 11.9 Å². The minimum atomic E-state index is -3.77. The summed E-state index contributed by atoms with van der Waals surface area (Å²) in [5, 5.41) is 2.67.